The van der Waals surface area contributed by atoms with Crippen molar-refractivity contribution >= 4 is 46.3 Å². The fourth-order valence-electron chi connectivity index (χ4n) is 3.36. The van der Waals surface area contributed by atoms with Gasteiger partial charge in [-0.2, -0.15) is 5.10 Å². The molecular formula is C21H26N6O2S2. The van der Waals surface area contributed by atoms with Gasteiger partial charge in [0, 0.05) is 36.7 Å². The SMILES string of the molecule is CSc1nc(N2CCOCC2)c2cnn(CCNC(=O)CCSc3ccccc3)c2n1. The van der Waals surface area contributed by atoms with Crippen molar-refractivity contribution in [2.75, 3.05) is 49.8 Å². The first-order valence-electron chi connectivity index (χ1n) is 10.3. The van der Waals surface area contributed by atoms with E-state index in [9.17, 15) is 4.79 Å². The van der Waals surface area contributed by atoms with Crippen molar-refractivity contribution in [3.8, 4) is 0 Å². The van der Waals surface area contributed by atoms with Crippen molar-refractivity contribution < 1.29 is 9.53 Å². The van der Waals surface area contributed by atoms with Crippen molar-refractivity contribution in [2.45, 2.75) is 23.0 Å². The van der Waals surface area contributed by atoms with Crippen LogP contribution in [0.4, 0.5) is 5.82 Å². The number of anilines is 1. The maximum atomic E-state index is 12.2. The molecule has 0 atom stereocenters. The Balaban J connectivity index is 1.34. The van der Waals surface area contributed by atoms with Gasteiger partial charge in [0.15, 0.2) is 10.8 Å². The Bertz CT molecular complexity index is 1010. The van der Waals surface area contributed by atoms with E-state index in [-0.39, 0.29) is 5.91 Å². The van der Waals surface area contributed by atoms with E-state index in [1.807, 2.05) is 35.3 Å². The highest BCUT2D eigenvalue weighted by Gasteiger charge is 2.20. The molecule has 1 N–H and O–H groups in total. The van der Waals surface area contributed by atoms with Crippen LogP contribution in [0.1, 0.15) is 6.42 Å². The average molecular weight is 459 g/mol. The molecule has 0 bridgehead atoms. The summed E-state index contributed by atoms with van der Waals surface area (Å²) < 4.78 is 7.32. The van der Waals surface area contributed by atoms with Gasteiger partial charge in [-0.25, -0.2) is 14.6 Å². The minimum Gasteiger partial charge on any atom is -0.378 e. The Hall–Kier alpha value is -2.30. The van der Waals surface area contributed by atoms with Crippen LogP contribution in [0.2, 0.25) is 0 Å². The van der Waals surface area contributed by atoms with E-state index >= 15 is 0 Å². The number of amides is 1. The number of thioether (sulfide) groups is 2. The van der Waals surface area contributed by atoms with Crippen molar-refractivity contribution in [1.29, 1.82) is 0 Å². The van der Waals surface area contributed by atoms with E-state index in [1.165, 1.54) is 16.7 Å². The van der Waals surface area contributed by atoms with E-state index in [0.717, 1.165) is 40.9 Å². The van der Waals surface area contributed by atoms with Crippen molar-refractivity contribution in [3.63, 3.8) is 0 Å². The summed E-state index contributed by atoms with van der Waals surface area (Å²) in [6, 6.07) is 10.1. The molecule has 1 amide bonds. The van der Waals surface area contributed by atoms with E-state index in [1.54, 1.807) is 11.8 Å². The number of morpholine rings is 1. The summed E-state index contributed by atoms with van der Waals surface area (Å²) in [6.07, 6.45) is 4.28. The second kappa shape index (κ2) is 10.8. The van der Waals surface area contributed by atoms with Crippen LogP contribution in [0.3, 0.4) is 0 Å². The van der Waals surface area contributed by atoms with Gasteiger partial charge in [-0.05, 0) is 18.4 Å². The predicted octanol–water partition coefficient (Wildman–Crippen LogP) is 2.68. The maximum Gasteiger partial charge on any atom is 0.220 e. The van der Waals surface area contributed by atoms with Gasteiger partial charge in [0.25, 0.3) is 0 Å². The molecule has 2 aromatic heterocycles. The van der Waals surface area contributed by atoms with Gasteiger partial charge in [-0.1, -0.05) is 30.0 Å². The lowest BCUT2D eigenvalue weighted by atomic mass is 10.3. The molecule has 4 rings (SSSR count). The molecule has 10 heteroatoms. The van der Waals surface area contributed by atoms with Gasteiger partial charge in [0.05, 0.1) is 31.3 Å². The number of hydrogen-bond acceptors (Lipinski definition) is 8. The minimum atomic E-state index is 0.0494. The second-order valence-corrected chi connectivity index (χ2v) is 8.94. The fourth-order valence-corrected chi connectivity index (χ4v) is 4.59. The second-order valence-electron chi connectivity index (χ2n) is 7.00. The molecule has 0 saturated carbocycles. The fraction of sp³-hybridized carbons (Fsp3) is 0.429. The topological polar surface area (TPSA) is 85.2 Å². The maximum absolute atomic E-state index is 12.2. The summed E-state index contributed by atoms with van der Waals surface area (Å²) in [4.78, 5) is 25.0. The van der Waals surface area contributed by atoms with E-state index in [2.05, 4.69) is 32.4 Å². The van der Waals surface area contributed by atoms with Gasteiger partial charge < -0.3 is 15.0 Å². The van der Waals surface area contributed by atoms with E-state index < -0.39 is 0 Å². The summed E-state index contributed by atoms with van der Waals surface area (Å²) >= 11 is 3.21. The summed E-state index contributed by atoms with van der Waals surface area (Å²) in [6.45, 7) is 4.08. The van der Waals surface area contributed by atoms with Crippen LogP contribution in [0.25, 0.3) is 11.0 Å². The third-order valence-electron chi connectivity index (χ3n) is 4.94. The zero-order chi connectivity index (χ0) is 21.5. The Kier molecular flexibility index (Phi) is 7.66. The number of carbonyl (C=O) groups is 1. The molecular weight excluding hydrogens is 432 g/mol. The molecule has 31 heavy (non-hydrogen) atoms. The number of nitrogens with zero attached hydrogens (tertiary/aromatic N) is 5. The molecule has 1 saturated heterocycles. The highest BCUT2D eigenvalue weighted by atomic mass is 32.2. The molecule has 0 aliphatic carbocycles. The summed E-state index contributed by atoms with van der Waals surface area (Å²) in [5.74, 6) is 1.72. The summed E-state index contributed by atoms with van der Waals surface area (Å²) in [5.41, 5.74) is 0.801. The number of rotatable bonds is 9. The Morgan fingerprint density at radius 1 is 1.19 bits per heavy atom. The van der Waals surface area contributed by atoms with Gasteiger partial charge in [-0.3, -0.25) is 4.79 Å². The van der Waals surface area contributed by atoms with Crippen LogP contribution in [-0.2, 0) is 16.1 Å². The average Bonchev–Trinajstić information content (AvgIpc) is 3.22. The van der Waals surface area contributed by atoms with Crippen LogP contribution in [0, 0.1) is 0 Å². The molecule has 164 valence electrons. The molecule has 0 unspecified atom stereocenters. The third kappa shape index (κ3) is 5.69. The smallest absolute Gasteiger partial charge is 0.220 e. The Morgan fingerprint density at radius 2 is 2.00 bits per heavy atom. The molecule has 3 heterocycles. The number of carbonyl (C=O) groups excluding carboxylic acids is 1. The minimum absolute atomic E-state index is 0.0494. The largest absolute Gasteiger partial charge is 0.378 e. The molecule has 8 nitrogen and oxygen atoms in total. The lowest BCUT2D eigenvalue weighted by Crippen LogP contribution is -2.37. The lowest BCUT2D eigenvalue weighted by Gasteiger charge is -2.28. The quantitative estimate of drug-likeness (QED) is 0.387. The molecule has 0 radical (unpaired) electrons. The normalized spacial score (nSPS) is 14.2. The van der Waals surface area contributed by atoms with E-state index in [4.69, 9.17) is 9.72 Å². The Morgan fingerprint density at radius 3 is 2.77 bits per heavy atom. The van der Waals surface area contributed by atoms with Crippen LogP contribution in [-0.4, -0.2) is 70.5 Å². The van der Waals surface area contributed by atoms with Crippen molar-refractivity contribution in [3.05, 3.63) is 36.5 Å². The molecule has 1 aliphatic heterocycles. The van der Waals surface area contributed by atoms with Crippen molar-refractivity contribution in [1.82, 2.24) is 25.1 Å². The number of fused-ring (bicyclic) bond motifs is 1. The molecule has 1 fully saturated rings. The van der Waals surface area contributed by atoms with Gasteiger partial charge in [0.2, 0.25) is 5.91 Å². The Labute approximate surface area is 190 Å². The lowest BCUT2D eigenvalue weighted by molar-refractivity contribution is -0.120. The third-order valence-corrected chi connectivity index (χ3v) is 6.50. The van der Waals surface area contributed by atoms with E-state index in [0.29, 0.717) is 32.7 Å². The first kappa shape index (κ1) is 21.9. The number of aromatic nitrogens is 4. The van der Waals surface area contributed by atoms with Gasteiger partial charge >= 0.3 is 0 Å². The van der Waals surface area contributed by atoms with Gasteiger partial charge in [-0.15, -0.1) is 11.8 Å². The van der Waals surface area contributed by atoms with Crippen LogP contribution in [0.5, 0.6) is 0 Å². The summed E-state index contributed by atoms with van der Waals surface area (Å²) in [5, 5.41) is 9.16. The summed E-state index contributed by atoms with van der Waals surface area (Å²) in [7, 11) is 0. The number of benzene rings is 1. The number of ether oxygens (including phenoxy) is 1. The molecule has 3 aromatic rings. The predicted molar refractivity (Wildman–Crippen MR) is 125 cm³/mol. The molecule has 1 aromatic carbocycles. The van der Waals surface area contributed by atoms with Crippen LogP contribution < -0.4 is 10.2 Å². The van der Waals surface area contributed by atoms with Crippen LogP contribution >= 0.6 is 23.5 Å². The highest BCUT2D eigenvalue weighted by Crippen LogP contribution is 2.27. The zero-order valence-corrected chi connectivity index (χ0v) is 19.1. The monoisotopic (exact) mass is 458 g/mol. The number of nitrogens with one attached hydrogen (secondary N) is 1. The first-order chi connectivity index (χ1) is 15.2. The first-order valence-corrected chi connectivity index (χ1v) is 12.5. The standard InChI is InChI=1S/C21H26N6O2S2/c1-30-21-24-19(26-10-12-29-13-11-26)17-15-23-27(20(17)25-21)9-8-22-18(28)7-14-31-16-5-3-2-4-6-16/h2-6,15H,7-14H2,1H3,(H,22,28). The molecule has 0 spiro atoms. The van der Waals surface area contributed by atoms with Crippen LogP contribution in [0.15, 0.2) is 46.6 Å². The van der Waals surface area contributed by atoms with Gasteiger partial charge in [0.1, 0.15) is 5.82 Å². The highest BCUT2D eigenvalue weighted by molar-refractivity contribution is 7.99. The number of hydrogen-bond donors (Lipinski definition) is 1. The van der Waals surface area contributed by atoms with Crippen molar-refractivity contribution in [2.24, 2.45) is 0 Å². The molecule has 1 aliphatic rings. The zero-order valence-electron chi connectivity index (χ0n) is 17.5.